The lowest BCUT2D eigenvalue weighted by molar-refractivity contribution is -0.141. The molecule has 1 aromatic rings. The highest BCUT2D eigenvalue weighted by molar-refractivity contribution is 5.67. The molecular weight excluding hydrogens is 231 g/mol. The van der Waals surface area contributed by atoms with Crippen LogP contribution in [0.2, 0.25) is 0 Å². The molecular formula is C11H13FO5. The molecule has 6 heteroatoms. The van der Waals surface area contributed by atoms with Crippen LogP contribution in [0.4, 0.5) is 4.39 Å². The van der Waals surface area contributed by atoms with Crippen LogP contribution < -0.4 is 4.74 Å². The molecule has 0 radical (unpaired) electrons. The Morgan fingerprint density at radius 3 is 2.65 bits per heavy atom. The van der Waals surface area contributed by atoms with Gasteiger partial charge in [0.05, 0.1) is 25.2 Å². The van der Waals surface area contributed by atoms with Crippen molar-refractivity contribution in [3.05, 3.63) is 29.6 Å². The van der Waals surface area contributed by atoms with Gasteiger partial charge in [0.25, 0.3) is 0 Å². The van der Waals surface area contributed by atoms with Gasteiger partial charge in [-0.15, -0.1) is 0 Å². The number of carboxylic acid groups (broad SMARTS) is 1. The van der Waals surface area contributed by atoms with Crippen LogP contribution in [0.3, 0.4) is 0 Å². The van der Waals surface area contributed by atoms with Gasteiger partial charge in [0.2, 0.25) is 0 Å². The van der Waals surface area contributed by atoms with Crippen molar-refractivity contribution < 1.29 is 29.2 Å². The zero-order chi connectivity index (χ0) is 13.0. The summed E-state index contributed by atoms with van der Waals surface area (Å²) < 4.78 is 18.3. The maximum absolute atomic E-state index is 13.5. The van der Waals surface area contributed by atoms with E-state index in [1.54, 1.807) is 0 Å². The van der Waals surface area contributed by atoms with Crippen molar-refractivity contribution in [3.8, 4) is 5.75 Å². The van der Waals surface area contributed by atoms with Crippen LogP contribution in [-0.4, -0.2) is 34.5 Å². The second-order valence-corrected chi connectivity index (χ2v) is 3.47. The Bertz CT molecular complexity index is 407. The van der Waals surface area contributed by atoms with Crippen molar-refractivity contribution in [1.29, 1.82) is 0 Å². The van der Waals surface area contributed by atoms with E-state index >= 15 is 0 Å². The molecule has 0 aliphatic carbocycles. The van der Waals surface area contributed by atoms with Crippen molar-refractivity contribution in [2.24, 2.45) is 0 Å². The Labute approximate surface area is 97.1 Å². The third-order valence-electron chi connectivity index (χ3n) is 2.28. The molecule has 0 aliphatic heterocycles. The molecule has 0 aromatic heterocycles. The summed E-state index contributed by atoms with van der Waals surface area (Å²) in [5, 5.41) is 27.6. The largest absolute Gasteiger partial charge is 0.496 e. The SMILES string of the molecule is COc1cccc(F)c1C(O)C(O)CC(=O)O. The van der Waals surface area contributed by atoms with Crippen molar-refractivity contribution in [1.82, 2.24) is 0 Å². The van der Waals surface area contributed by atoms with E-state index in [0.717, 1.165) is 6.07 Å². The Morgan fingerprint density at radius 2 is 2.12 bits per heavy atom. The molecule has 94 valence electrons. The minimum absolute atomic E-state index is 0.0574. The minimum atomic E-state index is -1.65. The summed E-state index contributed by atoms with van der Waals surface area (Å²) in [6, 6.07) is 3.89. The topological polar surface area (TPSA) is 87.0 Å². The first-order valence-electron chi connectivity index (χ1n) is 4.87. The van der Waals surface area contributed by atoms with Crippen molar-refractivity contribution in [2.75, 3.05) is 7.11 Å². The second kappa shape index (κ2) is 5.60. The number of hydrogen-bond donors (Lipinski definition) is 3. The first-order valence-corrected chi connectivity index (χ1v) is 4.87. The van der Waals surface area contributed by atoms with Gasteiger partial charge >= 0.3 is 5.97 Å². The second-order valence-electron chi connectivity index (χ2n) is 3.47. The normalized spacial score (nSPS) is 14.1. The molecule has 17 heavy (non-hydrogen) atoms. The monoisotopic (exact) mass is 244 g/mol. The third kappa shape index (κ3) is 3.15. The van der Waals surface area contributed by atoms with Gasteiger partial charge in [0, 0.05) is 0 Å². The number of hydrogen-bond acceptors (Lipinski definition) is 4. The number of aliphatic carboxylic acids is 1. The summed E-state index contributed by atoms with van der Waals surface area (Å²) in [6.45, 7) is 0. The molecule has 0 aliphatic rings. The molecule has 2 atom stereocenters. The molecule has 0 amide bonds. The summed E-state index contributed by atoms with van der Waals surface area (Å²) in [5.41, 5.74) is -0.247. The van der Waals surface area contributed by atoms with Gasteiger partial charge in [-0.25, -0.2) is 4.39 Å². The van der Waals surface area contributed by atoms with Crippen LogP contribution >= 0.6 is 0 Å². The standard InChI is InChI=1S/C11H13FO5/c1-17-8-4-2-3-6(12)10(8)11(16)7(13)5-9(14)15/h2-4,7,11,13,16H,5H2,1H3,(H,14,15). The first kappa shape index (κ1) is 13.4. The fraction of sp³-hybridized carbons (Fsp3) is 0.364. The number of aliphatic hydroxyl groups excluding tert-OH is 2. The third-order valence-corrected chi connectivity index (χ3v) is 2.28. The lowest BCUT2D eigenvalue weighted by Gasteiger charge is -2.19. The zero-order valence-electron chi connectivity index (χ0n) is 9.13. The van der Waals surface area contributed by atoms with E-state index in [1.165, 1.54) is 19.2 Å². The molecule has 1 rings (SSSR count). The number of benzene rings is 1. The van der Waals surface area contributed by atoms with Crippen molar-refractivity contribution >= 4 is 5.97 Å². The van der Waals surface area contributed by atoms with Gasteiger partial charge in [0.1, 0.15) is 17.7 Å². The van der Waals surface area contributed by atoms with Gasteiger partial charge in [0.15, 0.2) is 0 Å². The predicted octanol–water partition coefficient (Wildman–Crippen LogP) is 0.703. The maximum Gasteiger partial charge on any atom is 0.306 e. The van der Waals surface area contributed by atoms with Crippen LogP contribution in [-0.2, 0) is 4.79 Å². The zero-order valence-corrected chi connectivity index (χ0v) is 9.13. The average Bonchev–Trinajstić information content (AvgIpc) is 2.26. The predicted molar refractivity (Wildman–Crippen MR) is 56.2 cm³/mol. The molecule has 3 N–H and O–H groups in total. The smallest absolute Gasteiger partial charge is 0.306 e. The molecule has 0 spiro atoms. The fourth-order valence-corrected chi connectivity index (χ4v) is 1.47. The molecule has 0 bridgehead atoms. The quantitative estimate of drug-likeness (QED) is 0.709. The fourth-order valence-electron chi connectivity index (χ4n) is 1.47. The number of methoxy groups -OCH3 is 1. The molecule has 2 unspecified atom stereocenters. The van der Waals surface area contributed by atoms with Crippen LogP contribution in [0.1, 0.15) is 18.1 Å². The van der Waals surface area contributed by atoms with Gasteiger partial charge in [-0.05, 0) is 12.1 Å². The summed E-state index contributed by atoms with van der Waals surface area (Å²) in [6.07, 6.45) is -3.93. The average molecular weight is 244 g/mol. The number of halogens is 1. The van der Waals surface area contributed by atoms with Crippen molar-refractivity contribution in [3.63, 3.8) is 0 Å². The highest BCUT2D eigenvalue weighted by atomic mass is 19.1. The minimum Gasteiger partial charge on any atom is -0.496 e. The van der Waals surface area contributed by atoms with E-state index in [0.29, 0.717) is 0 Å². The summed E-state index contributed by atoms with van der Waals surface area (Å²) in [5.74, 6) is -1.99. The Morgan fingerprint density at radius 1 is 1.47 bits per heavy atom. The number of carbonyl (C=O) groups is 1. The van der Waals surface area contributed by atoms with Gasteiger partial charge in [-0.1, -0.05) is 6.07 Å². The molecule has 0 saturated heterocycles. The van der Waals surface area contributed by atoms with E-state index in [-0.39, 0.29) is 11.3 Å². The van der Waals surface area contributed by atoms with Crippen LogP contribution in [0.25, 0.3) is 0 Å². The van der Waals surface area contributed by atoms with E-state index in [1.807, 2.05) is 0 Å². The highest BCUT2D eigenvalue weighted by Crippen LogP contribution is 2.30. The Hall–Kier alpha value is -1.66. The van der Waals surface area contributed by atoms with Crippen LogP contribution in [0, 0.1) is 5.82 Å². The van der Waals surface area contributed by atoms with E-state index < -0.39 is 30.4 Å². The lowest BCUT2D eigenvalue weighted by Crippen LogP contribution is -2.23. The number of ether oxygens (including phenoxy) is 1. The Balaban J connectivity index is 3.02. The van der Waals surface area contributed by atoms with Crippen LogP contribution in [0.15, 0.2) is 18.2 Å². The number of aliphatic hydroxyl groups is 2. The van der Waals surface area contributed by atoms with Gasteiger partial charge in [-0.2, -0.15) is 0 Å². The summed E-state index contributed by atoms with van der Waals surface area (Å²) in [4.78, 5) is 10.4. The molecule has 1 aromatic carbocycles. The summed E-state index contributed by atoms with van der Waals surface area (Å²) >= 11 is 0. The lowest BCUT2D eigenvalue weighted by atomic mass is 10.0. The van der Waals surface area contributed by atoms with Crippen LogP contribution in [0.5, 0.6) is 5.75 Å². The van der Waals surface area contributed by atoms with Gasteiger partial charge < -0.3 is 20.1 Å². The van der Waals surface area contributed by atoms with Crippen molar-refractivity contribution in [2.45, 2.75) is 18.6 Å². The summed E-state index contributed by atoms with van der Waals surface area (Å²) in [7, 11) is 1.29. The van der Waals surface area contributed by atoms with E-state index in [9.17, 15) is 19.4 Å². The highest BCUT2D eigenvalue weighted by Gasteiger charge is 2.26. The molecule has 5 nitrogen and oxygen atoms in total. The molecule has 0 fully saturated rings. The number of rotatable bonds is 5. The van der Waals surface area contributed by atoms with E-state index in [2.05, 4.69) is 0 Å². The Kier molecular flexibility index (Phi) is 4.42. The number of carboxylic acids is 1. The first-order chi connectivity index (χ1) is 7.97. The van der Waals surface area contributed by atoms with Gasteiger partial charge in [-0.3, -0.25) is 4.79 Å². The van der Waals surface area contributed by atoms with E-state index in [4.69, 9.17) is 9.84 Å². The molecule has 0 saturated carbocycles. The maximum atomic E-state index is 13.5. The molecule has 0 heterocycles.